The van der Waals surface area contributed by atoms with Crippen LogP contribution in [0.2, 0.25) is 0 Å². The van der Waals surface area contributed by atoms with E-state index in [-0.39, 0.29) is 29.7 Å². The molecule has 0 radical (unpaired) electrons. The maximum absolute atomic E-state index is 11.5. The average molecular weight is 280 g/mol. The molecule has 104 valence electrons. The van der Waals surface area contributed by atoms with Gasteiger partial charge in [0.25, 0.3) is 0 Å². The standard InChI is InChI=1S/C12H8O8/c13-9-3-4-10(14)19-20-12(17)6-1-2-7(11(15)16)8(5-6)18-9/h1-2,5H,3-4H2,(H,15,16). The van der Waals surface area contributed by atoms with Crippen LogP contribution < -0.4 is 4.74 Å². The van der Waals surface area contributed by atoms with E-state index < -0.39 is 23.9 Å². The van der Waals surface area contributed by atoms with Gasteiger partial charge < -0.3 is 9.84 Å². The Labute approximate surface area is 111 Å². The zero-order valence-corrected chi connectivity index (χ0v) is 9.95. The van der Waals surface area contributed by atoms with Gasteiger partial charge >= 0.3 is 23.9 Å². The minimum absolute atomic E-state index is 0.118. The summed E-state index contributed by atoms with van der Waals surface area (Å²) in [6.45, 7) is 0. The number of carbonyl (C=O) groups is 4. The molecule has 0 amide bonds. The summed E-state index contributed by atoms with van der Waals surface area (Å²) in [5, 5.41) is 8.96. The molecule has 0 atom stereocenters. The summed E-state index contributed by atoms with van der Waals surface area (Å²) in [4.78, 5) is 53.6. The van der Waals surface area contributed by atoms with Crippen molar-refractivity contribution < 1.29 is 38.8 Å². The molecule has 1 heterocycles. The van der Waals surface area contributed by atoms with Crippen LogP contribution in [0.4, 0.5) is 0 Å². The van der Waals surface area contributed by atoms with Crippen molar-refractivity contribution in [3.05, 3.63) is 29.3 Å². The van der Waals surface area contributed by atoms with E-state index in [0.29, 0.717) is 0 Å². The third-order valence-electron chi connectivity index (χ3n) is 2.42. The van der Waals surface area contributed by atoms with Crippen LogP contribution in [0, 0.1) is 0 Å². The van der Waals surface area contributed by atoms with Crippen molar-refractivity contribution in [2.45, 2.75) is 12.8 Å². The minimum atomic E-state index is -1.32. The fourth-order valence-corrected chi connectivity index (χ4v) is 1.46. The van der Waals surface area contributed by atoms with Crippen molar-refractivity contribution >= 4 is 23.9 Å². The zero-order chi connectivity index (χ0) is 14.7. The number of ether oxygens (including phenoxy) is 1. The molecule has 8 nitrogen and oxygen atoms in total. The number of aromatic carboxylic acids is 1. The number of carboxylic acids is 1. The van der Waals surface area contributed by atoms with Gasteiger partial charge in [-0.05, 0) is 18.2 Å². The number of esters is 1. The molecule has 0 aliphatic carbocycles. The second-order valence-corrected chi connectivity index (χ2v) is 3.82. The Kier molecular flexibility index (Phi) is 3.65. The van der Waals surface area contributed by atoms with Crippen LogP contribution in [-0.2, 0) is 19.4 Å². The Balaban J connectivity index is 2.43. The Bertz CT molecular complexity index is 603. The highest BCUT2D eigenvalue weighted by Gasteiger charge is 2.22. The number of fused-ring (bicyclic) bond motifs is 2. The van der Waals surface area contributed by atoms with Crippen LogP contribution in [0.3, 0.4) is 0 Å². The van der Waals surface area contributed by atoms with E-state index in [0.717, 1.165) is 18.2 Å². The largest absolute Gasteiger partial charge is 0.478 e. The van der Waals surface area contributed by atoms with Gasteiger partial charge in [0.05, 0.1) is 18.4 Å². The maximum atomic E-state index is 11.5. The molecule has 1 aliphatic heterocycles. The molecule has 8 heteroatoms. The van der Waals surface area contributed by atoms with E-state index in [1.54, 1.807) is 0 Å². The molecule has 0 saturated carbocycles. The quantitative estimate of drug-likeness (QED) is 0.454. The molecular weight excluding hydrogens is 272 g/mol. The summed E-state index contributed by atoms with van der Waals surface area (Å²) < 4.78 is 4.84. The molecule has 0 fully saturated rings. The first kappa shape index (κ1) is 13.5. The second-order valence-electron chi connectivity index (χ2n) is 3.82. The number of benzene rings is 1. The van der Waals surface area contributed by atoms with Gasteiger partial charge in [-0.25, -0.2) is 24.2 Å². The molecule has 0 aromatic heterocycles. The first-order chi connectivity index (χ1) is 9.47. The van der Waals surface area contributed by atoms with Crippen LogP contribution in [0.25, 0.3) is 0 Å². The lowest BCUT2D eigenvalue weighted by Gasteiger charge is -2.07. The summed E-state index contributed by atoms with van der Waals surface area (Å²) >= 11 is 0. The van der Waals surface area contributed by atoms with E-state index in [1.807, 2.05) is 0 Å². The first-order valence-corrected chi connectivity index (χ1v) is 5.47. The molecule has 1 aromatic carbocycles. The van der Waals surface area contributed by atoms with Gasteiger partial charge in [0, 0.05) is 0 Å². The third-order valence-corrected chi connectivity index (χ3v) is 2.42. The predicted molar refractivity (Wildman–Crippen MR) is 59.8 cm³/mol. The lowest BCUT2D eigenvalue weighted by molar-refractivity contribution is -0.234. The van der Waals surface area contributed by atoms with Crippen LogP contribution in [0.15, 0.2) is 18.2 Å². The molecule has 2 bridgehead atoms. The predicted octanol–water partition coefficient (Wildman–Crippen LogP) is 0.699. The maximum Gasteiger partial charge on any atom is 0.386 e. The summed E-state index contributed by atoms with van der Waals surface area (Å²) in [7, 11) is 0. The number of carbonyl (C=O) groups excluding carboxylic acids is 3. The zero-order valence-electron chi connectivity index (χ0n) is 9.95. The molecule has 1 aromatic rings. The van der Waals surface area contributed by atoms with Gasteiger partial charge in [-0.3, -0.25) is 4.79 Å². The molecule has 0 saturated heterocycles. The van der Waals surface area contributed by atoms with E-state index in [9.17, 15) is 19.2 Å². The van der Waals surface area contributed by atoms with Crippen molar-refractivity contribution in [2.24, 2.45) is 0 Å². The van der Waals surface area contributed by atoms with E-state index in [1.165, 1.54) is 0 Å². The number of carboxylic acid groups (broad SMARTS) is 1. The number of rotatable bonds is 1. The van der Waals surface area contributed by atoms with E-state index >= 15 is 0 Å². The Morgan fingerprint density at radius 2 is 1.75 bits per heavy atom. The SMILES string of the molecule is O=C1CCC(=O)Oc2cc(ccc2C(=O)O)C(=O)OO1. The van der Waals surface area contributed by atoms with Crippen LogP contribution >= 0.6 is 0 Å². The highest BCUT2D eigenvalue weighted by atomic mass is 17.2. The van der Waals surface area contributed by atoms with Gasteiger partial charge in [0.1, 0.15) is 11.3 Å². The molecule has 2 rings (SSSR count). The van der Waals surface area contributed by atoms with Crippen molar-refractivity contribution in [3.8, 4) is 5.75 Å². The summed E-state index contributed by atoms with van der Waals surface area (Å²) in [5.74, 6) is -4.37. The van der Waals surface area contributed by atoms with Crippen LogP contribution in [0.1, 0.15) is 33.6 Å². The summed E-state index contributed by atoms with van der Waals surface area (Å²) in [6.07, 6.45) is -0.690. The fourth-order valence-electron chi connectivity index (χ4n) is 1.46. The summed E-state index contributed by atoms with van der Waals surface area (Å²) in [6, 6.07) is 3.26. The highest BCUT2D eigenvalue weighted by molar-refractivity contribution is 5.96. The fraction of sp³-hybridized carbons (Fsp3) is 0.167. The van der Waals surface area contributed by atoms with Gasteiger partial charge in [0.2, 0.25) is 0 Å². The lowest BCUT2D eigenvalue weighted by Crippen LogP contribution is -2.13. The topological polar surface area (TPSA) is 116 Å². The molecule has 20 heavy (non-hydrogen) atoms. The highest BCUT2D eigenvalue weighted by Crippen LogP contribution is 2.22. The third kappa shape index (κ3) is 2.91. The van der Waals surface area contributed by atoms with E-state index in [2.05, 4.69) is 9.78 Å². The van der Waals surface area contributed by atoms with Crippen molar-refractivity contribution in [3.63, 3.8) is 0 Å². The normalized spacial score (nSPS) is 15.5. The average Bonchev–Trinajstić information content (AvgIpc) is 2.42. The molecular formula is C12H8O8. The van der Waals surface area contributed by atoms with Crippen molar-refractivity contribution in [1.82, 2.24) is 0 Å². The van der Waals surface area contributed by atoms with Crippen LogP contribution in [0.5, 0.6) is 5.75 Å². The Morgan fingerprint density at radius 1 is 1.05 bits per heavy atom. The smallest absolute Gasteiger partial charge is 0.386 e. The first-order valence-electron chi connectivity index (χ1n) is 5.47. The molecule has 1 aliphatic rings. The van der Waals surface area contributed by atoms with Crippen LogP contribution in [-0.4, -0.2) is 29.0 Å². The molecule has 0 unspecified atom stereocenters. The lowest BCUT2D eigenvalue weighted by atomic mass is 10.1. The van der Waals surface area contributed by atoms with Crippen molar-refractivity contribution in [1.29, 1.82) is 0 Å². The van der Waals surface area contributed by atoms with E-state index in [4.69, 9.17) is 9.84 Å². The monoisotopic (exact) mass is 280 g/mol. The molecule has 1 N–H and O–H groups in total. The molecule has 0 spiro atoms. The van der Waals surface area contributed by atoms with Gasteiger partial charge in [-0.2, -0.15) is 0 Å². The minimum Gasteiger partial charge on any atom is -0.478 e. The second kappa shape index (κ2) is 5.39. The van der Waals surface area contributed by atoms with Gasteiger partial charge in [-0.15, -0.1) is 0 Å². The number of hydrogen-bond donors (Lipinski definition) is 1. The Hall–Kier alpha value is -2.90. The van der Waals surface area contributed by atoms with Gasteiger partial charge in [0.15, 0.2) is 0 Å². The van der Waals surface area contributed by atoms with Crippen molar-refractivity contribution in [2.75, 3.05) is 0 Å². The summed E-state index contributed by atoms with van der Waals surface area (Å²) in [5.41, 5.74) is -0.408. The van der Waals surface area contributed by atoms with Gasteiger partial charge in [-0.1, -0.05) is 0 Å². The number of hydrogen-bond acceptors (Lipinski definition) is 7. The Morgan fingerprint density at radius 3 is 2.45 bits per heavy atom.